The molecule has 0 saturated heterocycles. The molecular formula is C17H24O3. The van der Waals surface area contributed by atoms with E-state index in [1.54, 1.807) is 6.08 Å². The number of allylic oxidation sites excluding steroid dienone is 1. The largest absolute Gasteiger partial charge is 0.494 e. The summed E-state index contributed by atoms with van der Waals surface area (Å²) in [5, 5.41) is 8.93. The summed E-state index contributed by atoms with van der Waals surface area (Å²) in [6.07, 6.45) is 5.92. The predicted molar refractivity (Wildman–Crippen MR) is 81.6 cm³/mol. The second-order valence-corrected chi connectivity index (χ2v) is 4.58. The fourth-order valence-electron chi connectivity index (χ4n) is 1.70. The molecule has 20 heavy (non-hydrogen) atoms. The third kappa shape index (κ3) is 7.00. The Bertz CT molecular complexity index is 395. The van der Waals surface area contributed by atoms with Gasteiger partial charge in [0, 0.05) is 0 Å². The Balaban J connectivity index is 1.99. The Morgan fingerprint density at radius 1 is 1.05 bits per heavy atom. The maximum atomic E-state index is 8.93. The quantitative estimate of drug-likeness (QED) is 0.379. The van der Waals surface area contributed by atoms with Crippen molar-refractivity contribution < 1.29 is 14.6 Å². The zero-order valence-electron chi connectivity index (χ0n) is 12.0. The van der Waals surface area contributed by atoms with Crippen molar-refractivity contribution >= 4 is 0 Å². The van der Waals surface area contributed by atoms with Gasteiger partial charge in [0.1, 0.15) is 11.5 Å². The number of rotatable bonds is 11. The van der Waals surface area contributed by atoms with Gasteiger partial charge < -0.3 is 14.6 Å². The molecule has 0 bridgehead atoms. The molecule has 0 radical (unpaired) electrons. The average Bonchev–Trinajstić information content (AvgIpc) is 2.50. The monoisotopic (exact) mass is 276 g/mol. The molecule has 1 aromatic rings. The smallest absolute Gasteiger partial charge is 0.119 e. The van der Waals surface area contributed by atoms with E-state index in [0.717, 1.165) is 43.6 Å². The van der Waals surface area contributed by atoms with Crippen LogP contribution in [0.25, 0.3) is 0 Å². The SMILES string of the molecule is C=CC(=C)OCCCCCCOc1ccc(CO)cc1. The first-order chi connectivity index (χ1) is 9.76. The van der Waals surface area contributed by atoms with E-state index in [-0.39, 0.29) is 6.61 Å². The van der Waals surface area contributed by atoms with E-state index in [2.05, 4.69) is 13.2 Å². The fourth-order valence-corrected chi connectivity index (χ4v) is 1.70. The van der Waals surface area contributed by atoms with Crippen molar-refractivity contribution in [2.24, 2.45) is 0 Å². The highest BCUT2D eigenvalue weighted by molar-refractivity contribution is 5.26. The van der Waals surface area contributed by atoms with E-state index in [1.165, 1.54) is 0 Å². The third-order valence-corrected chi connectivity index (χ3v) is 2.93. The number of ether oxygens (including phenoxy) is 2. The summed E-state index contributed by atoms with van der Waals surface area (Å²) >= 11 is 0. The molecule has 3 heteroatoms. The van der Waals surface area contributed by atoms with Crippen molar-refractivity contribution in [2.75, 3.05) is 13.2 Å². The van der Waals surface area contributed by atoms with E-state index in [1.807, 2.05) is 24.3 Å². The molecule has 0 unspecified atom stereocenters. The summed E-state index contributed by atoms with van der Waals surface area (Å²) in [4.78, 5) is 0. The first kappa shape index (κ1) is 16.3. The van der Waals surface area contributed by atoms with Crippen LogP contribution in [0.5, 0.6) is 5.75 Å². The van der Waals surface area contributed by atoms with Gasteiger partial charge in [0.25, 0.3) is 0 Å². The number of benzene rings is 1. The summed E-state index contributed by atoms with van der Waals surface area (Å²) in [6, 6.07) is 7.53. The molecule has 0 fully saturated rings. The molecule has 1 aromatic carbocycles. The number of hydrogen-bond acceptors (Lipinski definition) is 3. The Hall–Kier alpha value is -1.74. The summed E-state index contributed by atoms with van der Waals surface area (Å²) in [6.45, 7) is 8.77. The molecule has 1 N–H and O–H groups in total. The molecule has 0 amide bonds. The molecule has 0 saturated carbocycles. The molecule has 0 heterocycles. The highest BCUT2D eigenvalue weighted by atomic mass is 16.5. The van der Waals surface area contributed by atoms with Crippen molar-refractivity contribution in [3.63, 3.8) is 0 Å². The van der Waals surface area contributed by atoms with E-state index in [4.69, 9.17) is 14.6 Å². The van der Waals surface area contributed by atoms with Crippen LogP contribution < -0.4 is 4.74 Å². The van der Waals surface area contributed by atoms with E-state index in [0.29, 0.717) is 12.4 Å². The zero-order chi connectivity index (χ0) is 14.6. The van der Waals surface area contributed by atoms with Crippen molar-refractivity contribution in [3.05, 3.63) is 54.8 Å². The highest BCUT2D eigenvalue weighted by Gasteiger charge is 1.96. The van der Waals surface area contributed by atoms with Gasteiger partial charge in [-0.3, -0.25) is 0 Å². The molecule has 0 aliphatic heterocycles. The first-order valence-electron chi connectivity index (χ1n) is 7.03. The lowest BCUT2D eigenvalue weighted by atomic mass is 10.2. The molecular weight excluding hydrogens is 252 g/mol. The first-order valence-corrected chi connectivity index (χ1v) is 7.03. The summed E-state index contributed by atoms with van der Waals surface area (Å²) in [7, 11) is 0. The number of aliphatic hydroxyl groups is 1. The Kier molecular flexibility index (Phi) is 8.24. The molecule has 0 aliphatic rings. The van der Waals surface area contributed by atoms with Crippen molar-refractivity contribution in [1.29, 1.82) is 0 Å². The van der Waals surface area contributed by atoms with Gasteiger partial charge in [-0.15, -0.1) is 0 Å². The van der Waals surface area contributed by atoms with Crippen LogP contribution in [0.2, 0.25) is 0 Å². The summed E-state index contributed by atoms with van der Waals surface area (Å²) < 4.78 is 11.0. The molecule has 0 aromatic heterocycles. The van der Waals surface area contributed by atoms with E-state index in [9.17, 15) is 0 Å². The van der Waals surface area contributed by atoms with Gasteiger partial charge >= 0.3 is 0 Å². The normalized spacial score (nSPS) is 10.1. The van der Waals surface area contributed by atoms with Gasteiger partial charge in [0.15, 0.2) is 0 Å². The highest BCUT2D eigenvalue weighted by Crippen LogP contribution is 2.13. The van der Waals surface area contributed by atoms with Crippen LogP contribution in [0.1, 0.15) is 31.2 Å². The van der Waals surface area contributed by atoms with Crippen LogP contribution >= 0.6 is 0 Å². The minimum Gasteiger partial charge on any atom is -0.494 e. The number of hydrogen-bond donors (Lipinski definition) is 1. The van der Waals surface area contributed by atoms with Crippen molar-refractivity contribution in [1.82, 2.24) is 0 Å². The van der Waals surface area contributed by atoms with E-state index >= 15 is 0 Å². The van der Waals surface area contributed by atoms with Crippen LogP contribution in [-0.4, -0.2) is 18.3 Å². The lowest BCUT2D eigenvalue weighted by Gasteiger charge is -2.07. The molecule has 0 aliphatic carbocycles. The lowest BCUT2D eigenvalue weighted by Crippen LogP contribution is -1.98. The van der Waals surface area contributed by atoms with Crippen molar-refractivity contribution in [3.8, 4) is 5.75 Å². The van der Waals surface area contributed by atoms with Gasteiger partial charge in [-0.25, -0.2) is 0 Å². The fraction of sp³-hybridized carbons (Fsp3) is 0.412. The number of aliphatic hydroxyl groups excluding tert-OH is 1. The lowest BCUT2D eigenvalue weighted by molar-refractivity contribution is 0.216. The average molecular weight is 276 g/mol. The molecule has 0 atom stereocenters. The van der Waals surface area contributed by atoms with Crippen molar-refractivity contribution in [2.45, 2.75) is 32.3 Å². The number of unbranched alkanes of at least 4 members (excludes halogenated alkanes) is 3. The van der Waals surface area contributed by atoms with Crippen LogP contribution in [0.15, 0.2) is 49.3 Å². The Morgan fingerprint density at radius 2 is 1.70 bits per heavy atom. The van der Waals surface area contributed by atoms with Crippen LogP contribution in [0, 0.1) is 0 Å². The summed E-state index contributed by atoms with van der Waals surface area (Å²) in [5.41, 5.74) is 0.901. The van der Waals surface area contributed by atoms with Crippen LogP contribution in [0.3, 0.4) is 0 Å². The Morgan fingerprint density at radius 3 is 2.30 bits per heavy atom. The zero-order valence-corrected chi connectivity index (χ0v) is 12.0. The van der Waals surface area contributed by atoms with Gasteiger partial charge in [0.2, 0.25) is 0 Å². The van der Waals surface area contributed by atoms with Crippen LogP contribution in [-0.2, 0) is 11.3 Å². The summed E-state index contributed by atoms with van der Waals surface area (Å²) in [5.74, 6) is 1.49. The van der Waals surface area contributed by atoms with E-state index < -0.39 is 0 Å². The predicted octanol–water partition coefficient (Wildman–Crippen LogP) is 3.83. The second-order valence-electron chi connectivity index (χ2n) is 4.58. The maximum Gasteiger partial charge on any atom is 0.119 e. The minimum atomic E-state index is 0.0701. The van der Waals surface area contributed by atoms with Gasteiger partial charge in [-0.05, 0) is 49.5 Å². The Labute approximate surface area is 121 Å². The molecule has 0 spiro atoms. The molecule has 3 nitrogen and oxygen atoms in total. The van der Waals surface area contributed by atoms with Crippen LogP contribution in [0.4, 0.5) is 0 Å². The van der Waals surface area contributed by atoms with Gasteiger partial charge in [0.05, 0.1) is 19.8 Å². The topological polar surface area (TPSA) is 38.7 Å². The standard InChI is InChI=1S/C17H24O3/c1-3-15(2)19-12-6-4-5-7-13-20-17-10-8-16(14-18)9-11-17/h3,8-11,18H,1-2,4-7,12-14H2. The maximum absolute atomic E-state index is 8.93. The third-order valence-electron chi connectivity index (χ3n) is 2.93. The molecule has 1 rings (SSSR count). The van der Waals surface area contributed by atoms with Gasteiger partial charge in [-0.1, -0.05) is 25.3 Å². The second kappa shape index (κ2) is 10.1. The molecule has 110 valence electrons. The minimum absolute atomic E-state index is 0.0701. The van der Waals surface area contributed by atoms with Gasteiger partial charge in [-0.2, -0.15) is 0 Å².